The molecule has 0 bridgehead atoms. The normalized spacial score (nSPS) is 16.1. The Morgan fingerprint density at radius 1 is 0.941 bits per heavy atom. The molecule has 3 rings (SSSR count). The predicted molar refractivity (Wildman–Crippen MR) is 70.2 cm³/mol. The highest BCUT2D eigenvalue weighted by Crippen LogP contribution is 2.26. The van der Waals surface area contributed by atoms with Crippen LogP contribution in [0.15, 0.2) is 47.1 Å². The maximum atomic E-state index is 5.44. The van der Waals surface area contributed by atoms with Crippen LogP contribution in [0.4, 0.5) is 5.69 Å². The fourth-order valence-electron chi connectivity index (χ4n) is 2.45. The van der Waals surface area contributed by atoms with E-state index in [1.165, 1.54) is 38.0 Å². The van der Waals surface area contributed by atoms with E-state index in [1.807, 2.05) is 12.1 Å². The summed E-state index contributed by atoms with van der Waals surface area (Å²) in [5.41, 5.74) is 2.48. The molecule has 0 spiro atoms. The molecule has 2 nitrogen and oxygen atoms in total. The molecule has 0 unspecified atom stereocenters. The Kier molecular flexibility index (Phi) is 2.87. The molecule has 0 amide bonds. The van der Waals surface area contributed by atoms with E-state index in [0.717, 1.165) is 11.3 Å². The number of anilines is 1. The molecule has 0 aliphatic carbocycles. The lowest BCUT2D eigenvalue weighted by atomic mass is 10.1. The first-order valence-corrected chi connectivity index (χ1v) is 6.32. The molecule has 0 atom stereocenters. The molecular weight excluding hydrogens is 210 g/mol. The van der Waals surface area contributed by atoms with Gasteiger partial charge >= 0.3 is 0 Å². The Morgan fingerprint density at radius 2 is 1.82 bits per heavy atom. The van der Waals surface area contributed by atoms with Crippen LogP contribution < -0.4 is 4.90 Å². The zero-order valence-corrected chi connectivity index (χ0v) is 9.93. The van der Waals surface area contributed by atoms with Crippen LogP contribution in [0.3, 0.4) is 0 Å². The van der Waals surface area contributed by atoms with Crippen molar-refractivity contribution in [1.29, 1.82) is 0 Å². The van der Waals surface area contributed by atoms with Gasteiger partial charge in [-0.05, 0) is 43.5 Å². The van der Waals surface area contributed by atoms with Gasteiger partial charge in [-0.3, -0.25) is 0 Å². The smallest absolute Gasteiger partial charge is 0.133 e. The summed E-state index contributed by atoms with van der Waals surface area (Å²) in [5, 5.41) is 0. The summed E-state index contributed by atoms with van der Waals surface area (Å²) in [7, 11) is 0. The van der Waals surface area contributed by atoms with Crippen molar-refractivity contribution in [1.82, 2.24) is 0 Å². The van der Waals surface area contributed by atoms with E-state index < -0.39 is 0 Å². The van der Waals surface area contributed by atoms with E-state index in [-0.39, 0.29) is 0 Å². The summed E-state index contributed by atoms with van der Waals surface area (Å²) in [6.07, 6.45) is 5.72. The van der Waals surface area contributed by atoms with Crippen molar-refractivity contribution >= 4 is 5.69 Å². The van der Waals surface area contributed by atoms with Crippen LogP contribution in [0, 0.1) is 0 Å². The Bertz CT molecular complexity index is 469. The van der Waals surface area contributed by atoms with E-state index in [9.17, 15) is 0 Å². The first-order chi connectivity index (χ1) is 8.43. The van der Waals surface area contributed by atoms with Crippen molar-refractivity contribution in [2.24, 2.45) is 0 Å². The summed E-state index contributed by atoms with van der Waals surface area (Å²) >= 11 is 0. The zero-order chi connectivity index (χ0) is 11.5. The highest BCUT2D eigenvalue weighted by atomic mass is 16.3. The van der Waals surface area contributed by atoms with Crippen molar-refractivity contribution in [2.75, 3.05) is 18.0 Å². The van der Waals surface area contributed by atoms with E-state index in [2.05, 4.69) is 29.2 Å². The van der Waals surface area contributed by atoms with Crippen molar-refractivity contribution in [3.63, 3.8) is 0 Å². The van der Waals surface area contributed by atoms with Gasteiger partial charge in [0.25, 0.3) is 0 Å². The standard InChI is InChI=1S/C15H17NO/c1-2-9-16(10-3-1)14-7-4-6-13(12-14)15-8-5-11-17-15/h4-8,11-12H,1-3,9-10H2. The van der Waals surface area contributed by atoms with Crippen LogP contribution in [0.1, 0.15) is 19.3 Å². The maximum Gasteiger partial charge on any atom is 0.133 e. The van der Waals surface area contributed by atoms with Crippen LogP contribution in [-0.2, 0) is 0 Å². The molecule has 0 N–H and O–H groups in total. The van der Waals surface area contributed by atoms with Crippen molar-refractivity contribution < 1.29 is 4.42 Å². The average Bonchev–Trinajstić information content (AvgIpc) is 2.94. The molecule has 1 aliphatic rings. The van der Waals surface area contributed by atoms with Gasteiger partial charge in [-0.2, -0.15) is 0 Å². The van der Waals surface area contributed by atoms with Crippen LogP contribution in [0.25, 0.3) is 11.3 Å². The quantitative estimate of drug-likeness (QED) is 0.772. The summed E-state index contributed by atoms with van der Waals surface area (Å²) in [6, 6.07) is 12.6. The topological polar surface area (TPSA) is 16.4 Å². The van der Waals surface area contributed by atoms with Crippen molar-refractivity contribution in [3.05, 3.63) is 42.7 Å². The lowest BCUT2D eigenvalue weighted by Gasteiger charge is -2.29. The summed E-state index contributed by atoms with van der Waals surface area (Å²) in [6.45, 7) is 2.36. The first-order valence-electron chi connectivity index (χ1n) is 6.32. The van der Waals surface area contributed by atoms with Gasteiger partial charge in [-0.15, -0.1) is 0 Å². The molecule has 1 saturated heterocycles. The fraction of sp³-hybridized carbons (Fsp3) is 0.333. The lowest BCUT2D eigenvalue weighted by molar-refractivity contribution is 0.576. The van der Waals surface area contributed by atoms with E-state index in [4.69, 9.17) is 4.42 Å². The summed E-state index contributed by atoms with van der Waals surface area (Å²) in [4.78, 5) is 2.47. The monoisotopic (exact) mass is 227 g/mol. The molecule has 1 fully saturated rings. The number of furan rings is 1. The Labute approximate surface area is 102 Å². The first kappa shape index (κ1) is 10.5. The third-order valence-electron chi connectivity index (χ3n) is 3.37. The number of nitrogens with zero attached hydrogens (tertiary/aromatic N) is 1. The van der Waals surface area contributed by atoms with Crippen molar-refractivity contribution in [2.45, 2.75) is 19.3 Å². The van der Waals surface area contributed by atoms with E-state index in [1.54, 1.807) is 6.26 Å². The van der Waals surface area contributed by atoms with E-state index in [0.29, 0.717) is 0 Å². The minimum absolute atomic E-state index is 0.948. The highest BCUT2D eigenvalue weighted by molar-refractivity contribution is 5.64. The fourth-order valence-corrected chi connectivity index (χ4v) is 2.45. The minimum Gasteiger partial charge on any atom is -0.464 e. The largest absolute Gasteiger partial charge is 0.464 e. The Balaban J connectivity index is 1.88. The molecule has 1 aromatic carbocycles. The van der Waals surface area contributed by atoms with E-state index >= 15 is 0 Å². The second-order valence-corrected chi connectivity index (χ2v) is 4.58. The molecule has 2 aromatic rings. The van der Waals surface area contributed by atoms with Crippen LogP contribution in [0.5, 0.6) is 0 Å². The number of hydrogen-bond donors (Lipinski definition) is 0. The molecule has 1 aliphatic heterocycles. The second kappa shape index (κ2) is 4.66. The van der Waals surface area contributed by atoms with Gasteiger partial charge in [0.1, 0.15) is 5.76 Å². The second-order valence-electron chi connectivity index (χ2n) is 4.58. The molecule has 0 radical (unpaired) electrons. The van der Waals surface area contributed by atoms with Crippen LogP contribution in [-0.4, -0.2) is 13.1 Å². The molecule has 88 valence electrons. The van der Waals surface area contributed by atoms with Gasteiger partial charge < -0.3 is 9.32 Å². The van der Waals surface area contributed by atoms with Gasteiger partial charge in [-0.25, -0.2) is 0 Å². The zero-order valence-electron chi connectivity index (χ0n) is 9.93. The van der Waals surface area contributed by atoms with Gasteiger partial charge in [0, 0.05) is 24.3 Å². The molecule has 2 heterocycles. The van der Waals surface area contributed by atoms with Crippen LogP contribution >= 0.6 is 0 Å². The average molecular weight is 227 g/mol. The number of rotatable bonds is 2. The molecule has 0 saturated carbocycles. The third-order valence-corrected chi connectivity index (χ3v) is 3.37. The van der Waals surface area contributed by atoms with Crippen molar-refractivity contribution in [3.8, 4) is 11.3 Å². The third kappa shape index (κ3) is 2.21. The number of benzene rings is 1. The van der Waals surface area contributed by atoms with Gasteiger partial charge in [0.05, 0.1) is 6.26 Å². The summed E-state index contributed by atoms with van der Waals surface area (Å²) < 4.78 is 5.44. The van der Waals surface area contributed by atoms with Gasteiger partial charge in [0.15, 0.2) is 0 Å². The van der Waals surface area contributed by atoms with Gasteiger partial charge in [-0.1, -0.05) is 12.1 Å². The van der Waals surface area contributed by atoms with Gasteiger partial charge in [0.2, 0.25) is 0 Å². The molecule has 2 heteroatoms. The SMILES string of the molecule is c1cc(-c2ccco2)cc(N2CCCCC2)c1. The number of hydrogen-bond acceptors (Lipinski definition) is 2. The van der Waals surface area contributed by atoms with Crippen LogP contribution in [0.2, 0.25) is 0 Å². The molecule has 17 heavy (non-hydrogen) atoms. The lowest BCUT2D eigenvalue weighted by Crippen LogP contribution is -2.29. The molecule has 1 aromatic heterocycles. The summed E-state index contributed by atoms with van der Waals surface area (Å²) in [5.74, 6) is 0.948. The number of piperidine rings is 1. The minimum atomic E-state index is 0.948. The predicted octanol–water partition coefficient (Wildman–Crippen LogP) is 3.94. The Morgan fingerprint density at radius 3 is 2.59 bits per heavy atom. The molecular formula is C15H17NO. The maximum absolute atomic E-state index is 5.44. The highest BCUT2D eigenvalue weighted by Gasteiger charge is 2.11. The Hall–Kier alpha value is -1.70.